The first-order valence-corrected chi connectivity index (χ1v) is 9.45. The van der Waals surface area contributed by atoms with Crippen molar-refractivity contribution >= 4 is 8.80 Å². The maximum atomic E-state index is 6.04. The summed E-state index contributed by atoms with van der Waals surface area (Å²) in [5.74, 6) is 0. The number of nitrogens with two attached hydrogens (primary N) is 1. The molecule has 0 aromatic heterocycles. The standard InChI is InChI=1S/C13H32N2O3Si/c1-5-9-10-13(14)11-15-12-19(16-6-2,17-7-3)18-8-4/h13,15H,5-12,14H2,1-4H3. The van der Waals surface area contributed by atoms with Gasteiger partial charge in [0.15, 0.2) is 0 Å². The molecule has 0 spiro atoms. The van der Waals surface area contributed by atoms with Crippen molar-refractivity contribution in [2.75, 3.05) is 32.5 Å². The lowest BCUT2D eigenvalue weighted by Gasteiger charge is -2.29. The summed E-state index contributed by atoms with van der Waals surface area (Å²) in [5, 5.41) is 3.35. The SMILES string of the molecule is CCCCC(N)CNC[Si](OCC)(OCC)OCC. The molecule has 0 rings (SSSR count). The summed E-state index contributed by atoms with van der Waals surface area (Å²) in [7, 11) is -2.56. The average Bonchev–Trinajstić information content (AvgIpc) is 2.37. The molecule has 0 aliphatic rings. The van der Waals surface area contributed by atoms with Gasteiger partial charge in [-0.15, -0.1) is 0 Å². The highest BCUT2D eigenvalue weighted by molar-refractivity contribution is 6.60. The molecule has 116 valence electrons. The van der Waals surface area contributed by atoms with Gasteiger partial charge in [0.1, 0.15) is 0 Å². The van der Waals surface area contributed by atoms with E-state index in [1.165, 1.54) is 12.8 Å². The molecule has 0 bridgehead atoms. The van der Waals surface area contributed by atoms with Crippen molar-refractivity contribution in [2.24, 2.45) is 5.73 Å². The molecule has 0 heterocycles. The van der Waals surface area contributed by atoms with Gasteiger partial charge in [0.25, 0.3) is 0 Å². The van der Waals surface area contributed by atoms with Crippen LogP contribution in [-0.2, 0) is 13.3 Å². The summed E-state index contributed by atoms with van der Waals surface area (Å²) in [6.07, 6.45) is 4.04. The summed E-state index contributed by atoms with van der Waals surface area (Å²) in [4.78, 5) is 0. The molecule has 0 saturated carbocycles. The van der Waals surface area contributed by atoms with Gasteiger partial charge in [-0.05, 0) is 27.2 Å². The predicted octanol–water partition coefficient (Wildman–Crippen LogP) is 1.68. The zero-order valence-corrected chi connectivity index (χ0v) is 14.0. The Labute approximate surface area is 119 Å². The van der Waals surface area contributed by atoms with Crippen molar-refractivity contribution in [3.63, 3.8) is 0 Å². The number of unbranched alkanes of at least 4 members (excludes halogenated alkanes) is 1. The Morgan fingerprint density at radius 2 is 1.53 bits per heavy atom. The second kappa shape index (κ2) is 11.8. The van der Waals surface area contributed by atoms with Crippen molar-refractivity contribution in [3.05, 3.63) is 0 Å². The van der Waals surface area contributed by atoms with E-state index in [0.29, 0.717) is 26.0 Å². The first kappa shape index (κ1) is 19.0. The Morgan fingerprint density at radius 1 is 1.00 bits per heavy atom. The summed E-state index contributed by atoms with van der Waals surface area (Å²) >= 11 is 0. The fraction of sp³-hybridized carbons (Fsp3) is 1.00. The molecule has 1 atom stereocenters. The maximum absolute atomic E-state index is 6.04. The van der Waals surface area contributed by atoms with E-state index in [-0.39, 0.29) is 6.04 Å². The quantitative estimate of drug-likeness (QED) is 0.506. The van der Waals surface area contributed by atoms with Crippen molar-refractivity contribution < 1.29 is 13.3 Å². The zero-order valence-electron chi connectivity index (χ0n) is 13.0. The molecular formula is C13H32N2O3Si. The Hall–Kier alpha value is 0.0169. The van der Waals surface area contributed by atoms with Gasteiger partial charge in [0, 0.05) is 32.4 Å². The van der Waals surface area contributed by atoms with E-state index < -0.39 is 8.80 Å². The zero-order chi connectivity index (χ0) is 14.6. The highest BCUT2D eigenvalue weighted by Gasteiger charge is 2.40. The first-order valence-electron chi connectivity index (χ1n) is 7.52. The van der Waals surface area contributed by atoms with Crippen LogP contribution in [0.3, 0.4) is 0 Å². The van der Waals surface area contributed by atoms with E-state index in [1.54, 1.807) is 0 Å². The molecule has 0 aromatic carbocycles. The van der Waals surface area contributed by atoms with Crippen LogP contribution in [0.4, 0.5) is 0 Å². The highest BCUT2D eigenvalue weighted by atomic mass is 28.4. The van der Waals surface area contributed by atoms with Crippen molar-refractivity contribution in [1.29, 1.82) is 0 Å². The molecule has 0 aromatic rings. The minimum Gasteiger partial charge on any atom is -0.373 e. The lowest BCUT2D eigenvalue weighted by atomic mass is 10.1. The van der Waals surface area contributed by atoms with Crippen LogP contribution in [-0.4, -0.2) is 47.4 Å². The van der Waals surface area contributed by atoms with Crippen LogP contribution in [0.25, 0.3) is 0 Å². The van der Waals surface area contributed by atoms with Gasteiger partial charge < -0.3 is 24.3 Å². The largest absolute Gasteiger partial charge is 0.515 e. The third kappa shape index (κ3) is 8.72. The highest BCUT2D eigenvalue weighted by Crippen LogP contribution is 2.09. The van der Waals surface area contributed by atoms with Crippen LogP contribution < -0.4 is 11.1 Å². The average molecular weight is 292 g/mol. The van der Waals surface area contributed by atoms with Crippen LogP contribution in [0.1, 0.15) is 47.0 Å². The van der Waals surface area contributed by atoms with E-state index in [4.69, 9.17) is 19.0 Å². The van der Waals surface area contributed by atoms with Crippen LogP contribution in [0, 0.1) is 0 Å². The Bertz CT molecular complexity index is 191. The molecule has 0 aliphatic carbocycles. The van der Waals surface area contributed by atoms with E-state index in [2.05, 4.69) is 12.2 Å². The van der Waals surface area contributed by atoms with Crippen molar-refractivity contribution in [2.45, 2.75) is 53.0 Å². The third-order valence-corrected chi connectivity index (χ3v) is 5.64. The molecule has 6 heteroatoms. The summed E-state index contributed by atoms with van der Waals surface area (Å²) in [6, 6.07) is 0.191. The predicted molar refractivity (Wildman–Crippen MR) is 81.0 cm³/mol. The lowest BCUT2D eigenvalue weighted by Crippen LogP contribution is -2.55. The number of rotatable bonds is 13. The lowest BCUT2D eigenvalue weighted by molar-refractivity contribution is 0.0700. The van der Waals surface area contributed by atoms with E-state index >= 15 is 0 Å². The van der Waals surface area contributed by atoms with E-state index in [9.17, 15) is 0 Å². The fourth-order valence-corrected chi connectivity index (χ4v) is 4.24. The topological polar surface area (TPSA) is 65.7 Å². The van der Waals surface area contributed by atoms with Crippen LogP contribution in [0.15, 0.2) is 0 Å². The molecule has 5 nitrogen and oxygen atoms in total. The van der Waals surface area contributed by atoms with Gasteiger partial charge in [-0.1, -0.05) is 19.8 Å². The van der Waals surface area contributed by atoms with Gasteiger partial charge >= 0.3 is 8.80 Å². The molecule has 0 saturated heterocycles. The van der Waals surface area contributed by atoms with Gasteiger partial charge in [-0.3, -0.25) is 0 Å². The van der Waals surface area contributed by atoms with Crippen molar-refractivity contribution in [3.8, 4) is 0 Å². The molecule has 1 unspecified atom stereocenters. The smallest absolute Gasteiger partial charge is 0.373 e. The summed E-state index contributed by atoms with van der Waals surface area (Å²) in [5.41, 5.74) is 6.04. The Balaban J connectivity index is 4.15. The number of hydrogen-bond donors (Lipinski definition) is 2. The monoisotopic (exact) mass is 292 g/mol. The minimum absolute atomic E-state index is 0.191. The fourth-order valence-electron chi connectivity index (χ4n) is 1.92. The van der Waals surface area contributed by atoms with Crippen molar-refractivity contribution in [1.82, 2.24) is 5.32 Å². The maximum Gasteiger partial charge on any atom is 0.515 e. The normalized spacial score (nSPS) is 13.7. The second-order valence-corrected chi connectivity index (χ2v) is 7.10. The first-order chi connectivity index (χ1) is 9.14. The molecule has 19 heavy (non-hydrogen) atoms. The van der Waals surface area contributed by atoms with Gasteiger partial charge in [0.05, 0.1) is 6.17 Å². The van der Waals surface area contributed by atoms with Crippen LogP contribution in [0.5, 0.6) is 0 Å². The summed E-state index contributed by atoms with van der Waals surface area (Å²) < 4.78 is 17.3. The molecular weight excluding hydrogens is 260 g/mol. The van der Waals surface area contributed by atoms with Gasteiger partial charge in [0.2, 0.25) is 0 Å². The Morgan fingerprint density at radius 3 is 1.95 bits per heavy atom. The Kier molecular flexibility index (Phi) is 11.8. The minimum atomic E-state index is -2.56. The molecule has 0 radical (unpaired) electrons. The number of hydrogen-bond acceptors (Lipinski definition) is 5. The molecule has 3 N–H and O–H groups in total. The third-order valence-electron chi connectivity index (χ3n) is 2.77. The molecule has 0 aliphatic heterocycles. The van der Waals surface area contributed by atoms with Crippen LogP contribution in [0.2, 0.25) is 0 Å². The second-order valence-electron chi connectivity index (χ2n) is 4.52. The number of nitrogens with one attached hydrogen (secondary N) is 1. The molecule has 0 fully saturated rings. The van der Waals surface area contributed by atoms with Crippen LogP contribution >= 0.6 is 0 Å². The van der Waals surface area contributed by atoms with E-state index in [0.717, 1.165) is 13.0 Å². The van der Waals surface area contributed by atoms with E-state index in [1.807, 2.05) is 20.8 Å². The van der Waals surface area contributed by atoms with Gasteiger partial charge in [-0.2, -0.15) is 0 Å². The summed E-state index contributed by atoms with van der Waals surface area (Å²) in [6.45, 7) is 10.7. The molecule has 0 amide bonds. The van der Waals surface area contributed by atoms with Gasteiger partial charge in [-0.25, -0.2) is 0 Å².